The summed E-state index contributed by atoms with van der Waals surface area (Å²) in [5.41, 5.74) is 2.22. The summed E-state index contributed by atoms with van der Waals surface area (Å²) in [4.78, 5) is 43.2. The monoisotopic (exact) mass is 541 g/mol. The van der Waals surface area contributed by atoms with Gasteiger partial charge in [0.15, 0.2) is 23.0 Å². The van der Waals surface area contributed by atoms with Gasteiger partial charge in [-0.25, -0.2) is 0 Å². The Hall–Kier alpha value is -4.57. The van der Waals surface area contributed by atoms with Gasteiger partial charge < -0.3 is 25.0 Å². The Morgan fingerprint density at radius 1 is 0.900 bits per heavy atom. The van der Waals surface area contributed by atoms with Crippen LogP contribution < -0.4 is 20.1 Å². The van der Waals surface area contributed by atoms with Crippen LogP contribution in [-0.4, -0.2) is 45.7 Å². The van der Waals surface area contributed by atoms with Gasteiger partial charge in [-0.3, -0.25) is 24.6 Å². The van der Waals surface area contributed by atoms with E-state index in [1.165, 1.54) is 17.0 Å². The van der Waals surface area contributed by atoms with E-state index in [4.69, 9.17) is 9.47 Å². The predicted molar refractivity (Wildman–Crippen MR) is 142 cm³/mol. The predicted octanol–water partition coefficient (Wildman–Crippen LogP) is 2.55. The summed E-state index contributed by atoms with van der Waals surface area (Å²) in [6.45, 7) is 2.16. The molecular weight excluding hydrogens is 514 g/mol. The van der Waals surface area contributed by atoms with Gasteiger partial charge in [-0.1, -0.05) is 31.2 Å². The van der Waals surface area contributed by atoms with Crippen LogP contribution in [0.1, 0.15) is 29.2 Å². The average molecular weight is 542 g/mol. The summed E-state index contributed by atoms with van der Waals surface area (Å²) in [6, 6.07) is 14.9. The fraction of sp³-hybridized carbons (Fsp3) is 0.300. The Morgan fingerprint density at radius 3 is 2.48 bits per heavy atom. The molecule has 2 saturated heterocycles. The first-order valence-electron chi connectivity index (χ1n) is 13.3. The van der Waals surface area contributed by atoms with Crippen LogP contribution in [0.3, 0.4) is 0 Å². The molecule has 3 aromatic rings. The second kappa shape index (κ2) is 8.72. The first kappa shape index (κ1) is 24.5. The van der Waals surface area contributed by atoms with Crippen LogP contribution in [0.2, 0.25) is 0 Å². The van der Waals surface area contributed by atoms with Crippen LogP contribution >= 0.6 is 0 Å². The van der Waals surface area contributed by atoms with E-state index < -0.39 is 29.3 Å². The van der Waals surface area contributed by atoms with Gasteiger partial charge in [0.2, 0.25) is 24.5 Å². The number of anilines is 1. The van der Waals surface area contributed by atoms with Gasteiger partial charge in [-0.15, -0.1) is 0 Å². The highest BCUT2D eigenvalue weighted by molar-refractivity contribution is 6.15. The SMILES string of the molecule is CCc1ccc2c(c1)[C@]1(N[C@@H](Cc3ccc(O)c(O)c3)[C@H]3C(=O)N(Cc4ccc5c(c4)OCO5)C(=O)[C@H]31)C(=O)N2. The minimum Gasteiger partial charge on any atom is -0.504 e. The smallest absolute Gasteiger partial charge is 0.250 e. The van der Waals surface area contributed by atoms with Gasteiger partial charge >= 0.3 is 0 Å². The van der Waals surface area contributed by atoms with E-state index in [-0.39, 0.29) is 43.1 Å². The van der Waals surface area contributed by atoms with E-state index in [1.54, 1.807) is 24.3 Å². The molecule has 3 amide bonds. The fourth-order valence-electron chi connectivity index (χ4n) is 6.63. The molecule has 1 spiro atoms. The number of hydrogen-bond acceptors (Lipinski definition) is 8. The number of nitrogens with zero attached hydrogens (tertiary/aromatic N) is 1. The third-order valence-electron chi connectivity index (χ3n) is 8.55. The van der Waals surface area contributed by atoms with Crippen LogP contribution in [-0.2, 0) is 39.3 Å². The highest BCUT2D eigenvalue weighted by Crippen LogP contribution is 2.54. The average Bonchev–Trinajstić information content (AvgIpc) is 3.67. The minimum absolute atomic E-state index is 0.0353. The van der Waals surface area contributed by atoms with Crippen molar-refractivity contribution in [2.45, 2.75) is 37.9 Å². The lowest BCUT2D eigenvalue weighted by Gasteiger charge is -2.30. The van der Waals surface area contributed by atoms with Gasteiger partial charge in [0.05, 0.1) is 18.4 Å². The van der Waals surface area contributed by atoms with Gasteiger partial charge in [-0.05, 0) is 59.9 Å². The number of imide groups is 1. The quantitative estimate of drug-likeness (QED) is 0.286. The summed E-state index contributed by atoms with van der Waals surface area (Å²) in [5, 5.41) is 26.2. The molecule has 4 heterocycles. The number of likely N-dealkylation sites (tertiary alicyclic amines) is 1. The van der Waals surface area contributed by atoms with Crippen molar-refractivity contribution in [2.75, 3.05) is 12.1 Å². The molecule has 0 radical (unpaired) electrons. The molecule has 0 aromatic heterocycles. The Balaban J connectivity index is 1.31. The maximum atomic E-state index is 14.2. The summed E-state index contributed by atoms with van der Waals surface area (Å²) in [5.74, 6) is -2.31. The number of nitrogens with one attached hydrogen (secondary N) is 2. The molecule has 40 heavy (non-hydrogen) atoms. The molecule has 2 fully saturated rings. The zero-order valence-electron chi connectivity index (χ0n) is 21.6. The Labute approximate surface area is 229 Å². The van der Waals surface area contributed by atoms with Crippen molar-refractivity contribution in [2.24, 2.45) is 11.8 Å². The summed E-state index contributed by atoms with van der Waals surface area (Å²) >= 11 is 0. The zero-order valence-corrected chi connectivity index (χ0v) is 21.6. The van der Waals surface area contributed by atoms with E-state index in [2.05, 4.69) is 10.6 Å². The lowest BCUT2D eigenvalue weighted by Crippen LogP contribution is -2.53. The van der Waals surface area contributed by atoms with Crippen molar-refractivity contribution >= 4 is 23.4 Å². The summed E-state index contributed by atoms with van der Waals surface area (Å²) in [6.07, 6.45) is 0.995. The third-order valence-corrected chi connectivity index (χ3v) is 8.55. The lowest BCUT2D eigenvalue weighted by molar-refractivity contribution is -0.143. The normalized spacial score (nSPS) is 26.0. The van der Waals surface area contributed by atoms with Gasteiger partial charge in [0, 0.05) is 17.3 Å². The molecule has 4 aliphatic rings. The molecular formula is C30H27N3O7. The van der Waals surface area contributed by atoms with Gasteiger partial charge in [0.1, 0.15) is 5.54 Å². The number of phenols is 2. The molecule has 4 atom stereocenters. The topological polar surface area (TPSA) is 137 Å². The zero-order chi connectivity index (χ0) is 27.8. The van der Waals surface area contributed by atoms with Crippen LogP contribution in [0.15, 0.2) is 54.6 Å². The first-order chi connectivity index (χ1) is 19.3. The van der Waals surface area contributed by atoms with Crippen molar-refractivity contribution < 1.29 is 34.1 Å². The molecule has 0 aliphatic carbocycles. The van der Waals surface area contributed by atoms with Crippen LogP contribution in [0, 0.1) is 11.8 Å². The van der Waals surface area contributed by atoms with Gasteiger partial charge in [-0.2, -0.15) is 0 Å². The minimum atomic E-state index is -1.43. The van der Waals surface area contributed by atoms with Crippen LogP contribution in [0.4, 0.5) is 5.69 Å². The largest absolute Gasteiger partial charge is 0.504 e. The lowest BCUT2D eigenvalue weighted by atomic mass is 9.76. The standard InChI is InChI=1S/C30H27N3O7/c1-2-15-3-6-19-18(9-15)30(29(38)31-19)26-25(20(32-30)10-16-4-7-21(34)22(35)11-16)27(36)33(28(26)37)13-17-5-8-23-24(12-17)40-14-39-23/h3-9,11-12,20,25-26,32,34-35H,2,10,13-14H2,1H3,(H,31,38)/t20-,25+,26-,30+/m0/s1. The number of fused-ring (bicyclic) bond motifs is 5. The van der Waals surface area contributed by atoms with Crippen molar-refractivity contribution in [3.05, 3.63) is 76.9 Å². The van der Waals surface area contributed by atoms with E-state index in [1.807, 2.05) is 25.1 Å². The highest BCUT2D eigenvalue weighted by atomic mass is 16.7. The van der Waals surface area contributed by atoms with Crippen LogP contribution in [0.5, 0.6) is 23.0 Å². The Morgan fingerprint density at radius 2 is 1.68 bits per heavy atom. The first-order valence-corrected chi connectivity index (χ1v) is 13.3. The Kier molecular flexibility index (Phi) is 5.33. The molecule has 3 aromatic carbocycles. The second-order valence-electron chi connectivity index (χ2n) is 10.7. The second-order valence-corrected chi connectivity index (χ2v) is 10.7. The number of hydrogen-bond donors (Lipinski definition) is 4. The highest BCUT2D eigenvalue weighted by Gasteiger charge is 2.70. The number of aryl methyl sites for hydroxylation is 1. The van der Waals surface area contributed by atoms with E-state index in [9.17, 15) is 24.6 Å². The van der Waals surface area contributed by atoms with Crippen molar-refractivity contribution in [1.29, 1.82) is 0 Å². The van der Waals surface area contributed by atoms with E-state index in [0.29, 0.717) is 33.9 Å². The number of carbonyl (C=O) groups excluding carboxylic acids is 3. The summed E-state index contributed by atoms with van der Waals surface area (Å²) in [7, 11) is 0. The molecule has 10 heteroatoms. The van der Waals surface area contributed by atoms with Crippen molar-refractivity contribution in [3.8, 4) is 23.0 Å². The maximum absolute atomic E-state index is 14.2. The fourth-order valence-corrected chi connectivity index (χ4v) is 6.63. The number of phenolic OH excluding ortho intramolecular Hbond substituents is 2. The number of rotatable bonds is 5. The molecule has 4 aliphatic heterocycles. The maximum Gasteiger partial charge on any atom is 0.250 e. The Bertz CT molecular complexity index is 1600. The van der Waals surface area contributed by atoms with Crippen LogP contribution in [0.25, 0.3) is 0 Å². The molecule has 10 nitrogen and oxygen atoms in total. The number of ether oxygens (including phenoxy) is 2. The van der Waals surface area contributed by atoms with E-state index in [0.717, 1.165) is 12.0 Å². The molecule has 0 unspecified atom stereocenters. The third kappa shape index (κ3) is 3.42. The number of benzene rings is 3. The molecule has 0 saturated carbocycles. The molecule has 4 N–H and O–H groups in total. The molecule has 0 bridgehead atoms. The number of amides is 3. The summed E-state index contributed by atoms with van der Waals surface area (Å²) < 4.78 is 10.9. The van der Waals surface area contributed by atoms with Crippen molar-refractivity contribution in [3.63, 3.8) is 0 Å². The van der Waals surface area contributed by atoms with E-state index >= 15 is 0 Å². The molecule has 7 rings (SSSR count). The molecule has 204 valence electrons. The number of aromatic hydroxyl groups is 2. The number of carbonyl (C=O) groups is 3. The van der Waals surface area contributed by atoms with Crippen molar-refractivity contribution in [1.82, 2.24) is 10.2 Å². The van der Waals surface area contributed by atoms with Gasteiger partial charge in [0.25, 0.3) is 0 Å².